The van der Waals surface area contributed by atoms with Gasteiger partial charge in [0.05, 0.1) is 12.0 Å². The minimum atomic E-state index is -2.90. The summed E-state index contributed by atoms with van der Waals surface area (Å²) in [6, 6.07) is 7.75. The predicted octanol–water partition coefficient (Wildman–Crippen LogP) is 2.97. The highest BCUT2D eigenvalue weighted by molar-refractivity contribution is 5.74. The molecule has 0 aliphatic carbocycles. The molecule has 0 saturated carbocycles. The molecule has 0 bridgehead atoms. The molecule has 0 unspecified atom stereocenters. The van der Waals surface area contributed by atoms with Crippen LogP contribution in [0.25, 0.3) is 0 Å². The number of hydrogen-bond acceptors (Lipinski definition) is 2. The Morgan fingerprint density at radius 2 is 1.85 bits per heavy atom. The third kappa shape index (κ3) is 3.15. The largest absolute Gasteiger partial charge is 0.481 e. The van der Waals surface area contributed by atoms with Crippen molar-refractivity contribution in [2.24, 2.45) is 5.41 Å². The van der Waals surface area contributed by atoms with E-state index in [1.165, 1.54) is 12.1 Å². The van der Waals surface area contributed by atoms with Crippen molar-refractivity contribution in [2.75, 3.05) is 19.6 Å². The molecule has 1 aliphatic heterocycles. The first-order valence-electron chi connectivity index (χ1n) is 6.73. The van der Waals surface area contributed by atoms with E-state index in [9.17, 15) is 13.6 Å². The van der Waals surface area contributed by atoms with Crippen LogP contribution >= 0.6 is 0 Å². The Hall–Kier alpha value is -1.49. The van der Waals surface area contributed by atoms with Crippen molar-refractivity contribution in [3.05, 3.63) is 35.9 Å². The number of carboxylic acids is 1. The molecule has 0 radical (unpaired) electrons. The summed E-state index contributed by atoms with van der Waals surface area (Å²) in [4.78, 5) is 12.8. The van der Waals surface area contributed by atoms with Gasteiger partial charge in [-0.1, -0.05) is 30.3 Å². The number of halogens is 2. The van der Waals surface area contributed by atoms with Crippen LogP contribution in [0.4, 0.5) is 8.78 Å². The number of nitrogens with zero attached hydrogens (tertiary/aromatic N) is 1. The second-order valence-corrected chi connectivity index (χ2v) is 5.71. The van der Waals surface area contributed by atoms with Gasteiger partial charge in [0.2, 0.25) is 0 Å². The number of benzene rings is 1. The first kappa shape index (κ1) is 14.9. The molecular formula is C15H19F2NO2. The molecule has 1 aromatic carbocycles. The number of hydrogen-bond donors (Lipinski definition) is 1. The normalized spacial score (nSPS) is 19.8. The van der Waals surface area contributed by atoms with Gasteiger partial charge in [-0.15, -0.1) is 0 Å². The molecule has 1 N–H and O–H groups in total. The van der Waals surface area contributed by atoms with Gasteiger partial charge in [-0.3, -0.25) is 9.69 Å². The van der Waals surface area contributed by atoms with Crippen LogP contribution in [0.3, 0.4) is 0 Å². The van der Waals surface area contributed by atoms with Crippen LogP contribution < -0.4 is 0 Å². The second kappa shape index (κ2) is 5.48. The van der Waals surface area contributed by atoms with E-state index in [4.69, 9.17) is 5.11 Å². The second-order valence-electron chi connectivity index (χ2n) is 5.71. The van der Waals surface area contributed by atoms with Gasteiger partial charge in [0.1, 0.15) is 0 Å². The van der Waals surface area contributed by atoms with E-state index in [1.807, 2.05) is 0 Å². The van der Waals surface area contributed by atoms with Gasteiger partial charge in [-0.05, 0) is 32.9 Å². The van der Waals surface area contributed by atoms with E-state index in [0.717, 1.165) is 0 Å². The molecule has 20 heavy (non-hydrogen) atoms. The zero-order valence-electron chi connectivity index (χ0n) is 11.5. The summed E-state index contributed by atoms with van der Waals surface area (Å²) in [6.07, 6.45) is 0.820. The van der Waals surface area contributed by atoms with Crippen LogP contribution in [0.1, 0.15) is 25.3 Å². The summed E-state index contributed by atoms with van der Waals surface area (Å²) < 4.78 is 28.3. The molecule has 1 aliphatic rings. The quantitative estimate of drug-likeness (QED) is 0.923. The monoisotopic (exact) mass is 283 g/mol. The smallest absolute Gasteiger partial charge is 0.309 e. The van der Waals surface area contributed by atoms with Crippen molar-refractivity contribution in [1.29, 1.82) is 0 Å². The standard InChI is InChI=1S/C15H19F2NO2/c1-14(13(19)20)7-9-18(10-8-14)11-15(16,17)12-5-3-2-4-6-12/h2-6H,7-11H2,1H3,(H,19,20). The molecule has 0 spiro atoms. The molecular weight excluding hydrogens is 264 g/mol. The van der Waals surface area contributed by atoms with Gasteiger partial charge in [0.25, 0.3) is 5.92 Å². The molecule has 1 saturated heterocycles. The number of alkyl halides is 2. The summed E-state index contributed by atoms with van der Waals surface area (Å²) in [5.41, 5.74) is -0.773. The average Bonchev–Trinajstić information content (AvgIpc) is 2.42. The summed E-state index contributed by atoms with van der Waals surface area (Å²) in [7, 11) is 0. The van der Waals surface area contributed by atoms with Gasteiger partial charge in [-0.25, -0.2) is 0 Å². The van der Waals surface area contributed by atoms with Crippen LogP contribution in [-0.2, 0) is 10.7 Å². The number of rotatable bonds is 4. The highest BCUT2D eigenvalue weighted by Gasteiger charge is 2.40. The Morgan fingerprint density at radius 1 is 1.30 bits per heavy atom. The summed E-state index contributed by atoms with van der Waals surface area (Å²) in [6.45, 7) is 2.12. The molecule has 1 aromatic rings. The van der Waals surface area contributed by atoms with Crippen molar-refractivity contribution >= 4 is 5.97 Å². The SMILES string of the molecule is CC1(C(=O)O)CCN(CC(F)(F)c2ccccc2)CC1. The lowest BCUT2D eigenvalue weighted by Crippen LogP contribution is -2.46. The molecule has 110 valence electrons. The van der Waals surface area contributed by atoms with Crippen molar-refractivity contribution in [3.8, 4) is 0 Å². The zero-order valence-corrected chi connectivity index (χ0v) is 11.5. The lowest BCUT2D eigenvalue weighted by atomic mass is 9.80. The Labute approximate surface area is 117 Å². The van der Waals surface area contributed by atoms with E-state index in [1.54, 1.807) is 30.0 Å². The maximum absolute atomic E-state index is 14.1. The number of aliphatic carboxylic acids is 1. The fourth-order valence-electron chi connectivity index (χ4n) is 2.47. The molecule has 5 heteroatoms. The van der Waals surface area contributed by atoms with Crippen molar-refractivity contribution in [3.63, 3.8) is 0 Å². The van der Waals surface area contributed by atoms with Crippen LogP contribution in [0.2, 0.25) is 0 Å². The van der Waals surface area contributed by atoms with Crippen LogP contribution in [0.15, 0.2) is 30.3 Å². The molecule has 0 atom stereocenters. The van der Waals surface area contributed by atoms with Crippen LogP contribution in [0, 0.1) is 5.41 Å². The summed E-state index contributed by atoms with van der Waals surface area (Å²) >= 11 is 0. The Balaban J connectivity index is 1.97. The molecule has 2 rings (SSSR count). The highest BCUT2D eigenvalue weighted by atomic mass is 19.3. The average molecular weight is 283 g/mol. The van der Waals surface area contributed by atoms with Crippen LogP contribution in [0.5, 0.6) is 0 Å². The van der Waals surface area contributed by atoms with Gasteiger partial charge in [0, 0.05) is 5.56 Å². The lowest BCUT2D eigenvalue weighted by Gasteiger charge is -2.37. The molecule has 3 nitrogen and oxygen atoms in total. The van der Waals surface area contributed by atoms with Crippen molar-refractivity contribution in [1.82, 2.24) is 4.90 Å². The highest BCUT2D eigenvalue weighted by Crippen LogP contribution is 2.34. The third-order valence-electron chi connectivity index (χ3n) is 4.09. The van der Waals surface area contributed by atoms with Crippen molar-refractivity contribution < 1.29 is 18.7 Å². The minimum Gasteiger partial charge on any atom is -0.481 e. The zero-order chi connectivity index (χ0) is 14.8. The lowest BCUT2D eigenvalue weighted by molar-refractivity contribution is -0.151. The topological polar surface area (TPSA) is 40.5 Å². The molecule has 0 aromatic heterocycles. The van der Waals surface area contributed by atoms with E-state index < -0.39 is 17.3 Å². The van der Waals surface area contributed by atoms with Gasteiger partial charge in [-0.2, -0.15) is 8.78 Å². The van der Waals surface area contributed by atoms with Gasteiger partial charge < -0.3 is 5.11 Å². The van der Waals surface area contributed by atoms with E-state index in [2.05, 4.69) is 0 Å². The molecule has 1 fully saturated rings. The predicted molar refractivity (Wildman–Crippen MR) is 71.8 cm³/mol. The minimum absolute atomic E-state index is 0.00608. The number of piperidine rings is 1. The fraction of sp³-hybridized carbons (Fsp3) is 0.533. The summed E-state index contributed by atoms with van der Waals surface area (Å²) in [5, 5.41) is 9.13. The Morgan fingerprint density at radius 3 is 2.35 bits per heavy atom. The number of carboxylic acid groups (broad SMARTS) is 1. The van der Waals surface area contributed by atoms with E-state index in [-0.39, 0.29) is 12.1 Å². The van der Waals surface area contributed by atoms with E-state index >= 15 is 0 Å². The van der Waals surface area contributed by atoms with E-state index in [0.29, 0.717) is 25.9 Å². The summed E-state index contributed by atoms with van der Waals surface area (Å²) in [5.74, 6) is -3.75. The molecule has 0 amide bonds. The third-order valence-corrected chi connectivity index (χ3v) is 4.09. The first-order chi connectivity index (χ1) is 9.33. The maximum Gasteiger partial charge on any atom is 0.309 e. The van der Waals surface area contributed by atoms with Crippen molar-refractivity contribution in [2.45, 2.75) is 25.7 Å². The number of likely N-dealkylation sites (tertiary alicyclic amines) is 1. The Kier molecular flexibility index (Phi) is 4.09. The Bertz CT molecular complexity index is 468. The van der Waals surface area contributed by atoms with Gasteiger partial charge >= 0.3 is 5.97 Å². The first-order valence-corrected chi connectivity index (χ1v) is 6.73. The van der Waals surface area contributed by atoms with Crippen LogP contribution in [-0.4, -0.2) is 35.6 Å². The van der Waals surface area contributed by atoms with Gasteiger partial charge in [0.15, 0.2) is 0 Å². The fourth-order valence-corrected chi connectivity index (χ4v) is 2.47. The maximum atomic E-state index is 14.1. The number of carbonyl (C=O) groups is 1. The molecule has 1 heterocycles.